The Balaban J connectivity index is 1.46. The number of hydrogen-bond acceptors (Lipinski definition) is 6. The third-order valence-electron chi connectivity index (χ3n) is 6.37. The Morgan fingerprint density at radius 1 is 1.09 bits per heavy atom. The van der Waals surface area contributed by atoms with E-state index in [2.05, 4.69) is 43.7 Å². The first-order chi connectivity index (χ1) is 16.6. The van der Waals surface area contributed by atoms with Crippen LogP contribution in [0, 0.1) is 6.92 Å². The molecule has 0 spiro atoms. The predicted molar refractivity (Wildman–Crippen MR) is 135 cm³/mol. The fraction of sp³-hybridized carbons (Fsp3) is 0.423. The quantitative estimate of drug-likeness (QED) is 0.609. The molecule has 1 aromatic carbocycles. The van der Waals surface area contributed by atoms with Crippen LogP contribution in [0.3, 0.4) is 0 Å². The summed E-state index contributed by atoms with van der Waals surface area (Å²) in [6.07, 6.45) is 5.37. The number of hydrogen-bond donors (Lipinski definition) is 1. The number of nitrogens with zero attached hydrogens (tertiary/aromatic N) is 6. The summed E-state index contributed by atoms with van der Waals surface area (Å²) in [7, 11) is 0. The third-order valence-corrected chi connectivity index (χ3v) is 6.37. The van der Waals surface area contributed by atoms with Crippen LogP contribution in [-0.2, 0) is 16.9 Å². The lowest BCUT2D eigenvalue weighted by Gasteiger charge is -2.36. The van der Waals surface area contributed by atoms with Crippen molar-refractivity contribution in [2.45, 2.75) is 46.7 Å². The molecular formula is C26H33N7O2. The van der Waals surface area contributed by atoms with Crippen molar-refractivity contribution in [1.29, 1.82) is 0 Å². The second-order valence-electron chi connectivity index (χ2n) is 9.93. The minimum absolute atomic E-state index is 0.119. The van der Waals surface area contributed by atoms with Gasteiger partial charge in [0.1, 0.15) is 0 Å². The summed E-state index contributed by atoms with van der Waals surface area (Å²) in [5.41, 5.74) is 5.47. The smallest absolute Gasteiger partial charge is 0.273 e. The van der Waals surface area contributed by atoms with Crippen LogP contribution >= 0.6 is 0 Å². The van der Waals surface area contributed by atoms with E-state index in [0.717, 1.165) is 41.0 Å². The first-order valence-corrected chi connectivity index (χ1v) is 11.9. The minimum atomic E-state index is -0.245. The molecule has 3 aromatic rings. The van der Waals surface area contributed by atoms with E-state index in [1.807, 2.05) is 44.9 Å². The highest BCUT2D eigenvalue weighted by Gasteiger charge is 2.22. The molecule has 0 radical (unpaired) electrons. The number of aryl methyl sites for hydroxylation is 1. The number of rotatable bonds is 5. The van der Waals surface area contributed by atoms with Gasteiger partial charge in [0.05, 0.1) is 23.6 Å². The van der Waals surface area contributed by atoms with Gasteiger partial charge in [0.25, 0.3) is 5.91 Å². The van der Waals surface area contributed by atoms with Crippen LogP contribution in [0.2, 0.25) is 0 Å². The molecule has 1 N–H and O–H groups in total. The van der Waals surface area contributed by atoms with E-state index in [1.54, 1.807) is 24.0 Å². The molecule has 0 atom stereocenters. The fourth-order valence-electron chi connectivity index (χ4n) is 4.17. The SMILES string of the molecule is CC(=O)N1CCN(c2cnccc2-c2ccc(CNC(=O)c3cn(C(C)(C)C)nn3)c(C)c2)CC1. The Kier molecular flexibility index (Phi) is 6.86. The van der Waals surface area contributed by atoms with Crippen molar-refractivity contribution in [3.05, 3.63) is 59.7 Å². The maximum absolute atomic E-state index is 12.6. The lowest BCUT2D eigenvalue weighted by Crippen LogP contribution is -2.48. The number of anilines is 1. The Morgan fingerprint density at radius 3 is 2.46 bits per heavy atom. The summed E-state index contributed by atoms with van der Waals surface area (Å²) in [5, 5.41) is 11.0. The molecule has 0 bridgehead atoms. The van der Waals surface area contributed by atoms with E-state index in [0.29, 0.717) is 25.3 Å². The number of carbonyl (C=O) groups excluding carboxylic acids is 2. The molecule has 0 unspecified atom stereocenters. The van der Waals surface area contributed by atoms with Crippen LogP contribution < -0.4 is 10.2 Å². The van der Waals surface area contributed by atoms with Gasteiger partial charge in [0, 0.05) is 51.4 Å². The van der Waals surface area contributed by atoms with E-state index in [-0.39, 0.29) is 17.4 Å². The summed E-state index contributed by atoms with van der Waals surface area (Å²) >= 11 is 0. The van der Waals surface area contributed by atoms with Gasteiger partial charge in [-0.1, -0.05) is 23.4 Å². The average molecular weight is 476 g/mol. The van der Waals surface area contributed by atoms with Crippen LogP contribution in [-0.4, -0.2) is 62.9 Å². The van der Waals surface area contributed by atoms with Crippen molar-refractivity contribution >= 4 is 17.5 Å². The minimum Gasteiger partial charge on any atom is -0.366 e. The second kappa shape index (κ2) is 9.85. The molecule has 2 aromatic heterocycles. The average Bonchev–Trinajstić information content (AvgIpc) is 3.34. The topological polar surface area (TPSA) is 96.2 Å². The summed E-state index contributed by atoms with van der Waals surface area (Å²) < 4.78 is 1.69. The molecule has 1 aliphatic rings. The predicted octanol–water partition coefficient (Wildman–Crippen LogP) is 3.00. The summed E-state index contributed by atoms with van der Waals surface area (Å²) in [5.74, 6) is -0.127. The Morgan fingerprint density at radius 2 is 1.83 bits per heavy atom. The highest BCUT2D eigenvalue weighted by atomic mass is 16.2. The Hall–Kier alpha value is -3.75. The van der Waals surface area contributed by atoms with Crippen molar-refractivity contribution in [2.75, 3.05) is 31.1 Å². The van der Waals surface area contributed by atoms with Crippen LogP contribution in [0.4, 0.5) is 5.69 Å². The number of pyridine rings is 1. The molecule has 9 heteroatoms. The summed E-state index contributed by atoms with van der Waals surface area (Å²) in [4.78, 5) is 32.8. The number of amides is 2. The van der Waals surface area contributed by atoms with Gasteiger partial charge in [-0.3, -0.25) is 14.6 Å². The Bertz CT molecular complexity index is 1220. The van der Waals surface area contributed by atoms with E-state index in [1.165, 1.54) is 0 Å². The number of benzene rings is 1. The van der Waals surface area contributed by atoms with E-state index in [4.69, 9.17) is 0 Å². The van der Waals surface area contributed by atoms with Gasteiger partial charge in [0.15, 0.2) is 5.69 Å². The summed E-state index contributed by atoms with van der Waals surface area (Å²) in [6, 6.07) is 8.30. The van der Waals surface area contributed by atoms with Gasteiger partial charge in [-0.15, -0.1) is 5.10 Å². The van der Waals surface area contributed by atoms with Crippen molar-refractivity contribution in [2.24, 2.45) is 0 Å². The first-order valence-electron chi connectivity index (χ1n) is 11.9. The van der Waals surface area contributed by atoms with Gasteiger partial charge in [-0.05, 0) is 50.5 Å². The maximum atomic E-state index is 12.6. The van der Waals surface area contributed by atoms with Gasteiger partial charge >= 0.3 is 0 Å². The van der Waals surface area contributed by atoms with E-state index < -0.39 is 0 Å². The van der Waals surface area contributed by atoms with Crippen LogP contribution in [0.5, 0.6) is 0 Å². The second-order valence-corrected chi connectivity index (χ2v) is 9.93. The van der Waals surface area contributed by atoms with Crippen LogP contribution in [0.25, 0.3) is 11.1 Å². The van der Waals surface area contributed by atoms with E-state index in [9.17, 15) is 9.59 Å². The molecule has 1 fully saturated rings. The van der Waals surface area contributed by atoms with Crippen molar-refractivity contribution in [3.8, 4) is 11.1 Å². The molecule has 35 heavy (non-hydrogen) atoms. The zero-order valence-electron chi connectivity index (χ0n) is 21.1. The van der Waals surface area contributed by atoms with Crippen molar-refractivity contribution < 1.29 is 9.59 Å². The largest absolute Gasteiger partial charge is 0.366 e. The number of aromatic nitrogens is 4. The number of nitrogens with one attached hydrogen (secondary N) is 1. The Labute approximate surface area is 206 Å². The lowest BCUT2D eigenvalue weighted by molar-refractivity contribution is -0.129. The molecule has 184 valence electrons. The zero-order chi connectivity index (χ0) is 25.2. The van der Waals surface area contributed by atoms with Crippen molar-refractivity contribution in [3.63, 3.8) is 0 Å². The molecule has 4 rings (SSSR count). The van der Waals surface area contributed by atoms with Crippen LogP contribution in [0.15, 0.2) is 42.9 Å². The molecule has 1 aliphatic heterocycles. The fourth-order valence-corrected chi connectivity index (χ4v) is 4.17. The highest BCUT2D eigenvalue weighted by Crippen LogP contribution is 2.32. The van der Waals surface area contributed by atoms with Crippen molar-refractivity contribution in [1.82, 2.24) is 30.2 Å². The number of carbonyl (C=O) groups is 2. The molecule has 0 saturated carbocycles. The summed E-state index contributed by atoms with van der Waals surface area (Å²) in [6.45, 7) is 13.1. The zero-order valence-corrected chi connectivity index (χ0v) is 21.1. The van der Waals surface area contributed by atoms with Gasteiger partial charge in [0.2, 0.25) is 5.91 Å². The maximum Gasteiger partial charge on any atom is 0.273 e. The monoisotopic (exact) mass is 475 g/mol. The molecule has 2 amide bonds. The molecule has 0 aliphatic carbocycles. The van der Waals surface area contributed by atoms with Crippen LogP contribution in [0.1, 0.15) is 49.3 Å². The lowest BCUT2D eigenvalue weighted by atomic mass is 9.99. The first kappa shape index (κ1) is 24.4. The number of piperazine rings is 1. The van der Waals surface area contributed by atoms with Gasteiger partial charge in [-0.2, -0.15) is 0 Å². The standard InChI is InChI=1S/C26H33N7O2/c1-18-14-20(22-8-9-27-16-24(22)32-12-10-31(11-13-32)19(2)34)6-7-21(18)15-28-25(35)23-17-33(30-29-23)26(3,4)5/h6-9,14,16-17H,10-13,15H2,1-5H3,(H,28,35). The molecular weight excluding hydrogens is 442 g/mol. The highest BCUT2D eigenvalue weighted by molar-refractivity contribution is 5.91. The van der Waals surface area contributed by atoms with E-state index >= 15 is 0 Å². The van der Waals surface area contributed by atoms with Gasteiger partial charge < -0.3 is 15.1 Å². The normalized spacial score (nSPS) is 14.2. The molecule has 3 heterocycles. The van der Waals surface area contributed by atoms with Gasteiger partial charge in [-0.25, -0.2) is 4.68 Å². The molecule has 9 nitrogen and oxygen atoms in total. The third kappa shape index (κ3) is 5.50. The molecule has 1 saturated heterocycles.